The van der Waals surface area contributed by atoms with Crippen LogP contribution in [0.15, 0.2) is 40.4 Å². The van der Waals surface area contributed by atoms with Crippen LogP contribution in [0.5, 0.6) is 5.75 Å². The van der Waals surface area contributed by atoms with Crippen LogP contribution in [-0.2, 0) is 4.79 Å². The van der Waals surface area contributed by atoms with Crippen molar-refractivity contribution in [2.24, 2.45) is 0 Å². The molecule has 9 heteroatoms. The minimum Gasteiger partial charge on any atom is -0.497 e. The molecule has 1 fully saturated rings. The standard InChI is InChI=1S/C15H11N3O6/c1-23-8-2-4-10(12(7-8)18(21)22)13-5-3-9(24-13)6-11-14(19)17-15(20)16-11/h2-7H,1H3,(H2,16,17,19,20)/b11-6+. The first kappa shape index (κ1) is 15.3. The molecular formula is C15H11N3O6. The lowest BCUT2D eigenvalue weighted by Gasteiger charge is -2.03. The van der Waals surface area contributed by atoms with Gasteiger partial charge in [0.15, 0.2) is 0 Å². The van der Waals surface area contributed by atoms with Crippen molar-refractivity contribution in [1.29, 1.82) is 0 Å². The number of hydrogen-bond donors (Lipinski definition) is 2. The number of imide groups is 1. The van der Waals surface area contributed by atoms with E-state index >= 15 is 0 Å². The average molecular weight is 329 g/mol. The van der Waals surface area contributed by atoms with Gasteiger partial charge in [0.25, 0.3) is 11.6 Å². The Bertz CT molecular complexity index is 883. The van der Waals surface area contributed by atoms with Gasteiger partial charge in [0.05, 0.1) is 23.7 Å². The zero-order valence-electron chi connectivity index (χ0n) is 12.4. The van der Waals surface area contributed by atoms with E-state index < -0.39 is 16.9 Å². The minimum absolute atomic E-state index is 0.0325. The van der Waals surface area contributed by atoms with E-state index in [9.17, 15) is 19.7 Å². The molecule has 0 atom stereocenters. The lowest BCUT2D eigenvalue weighted by molar-refractivity contribution is -0.384. The molecule has 2 N–H and O–H groups in total. The van der Waals surface area contributed by atoms with Gasteiger partial charge in [-0.1, -0.05) is 0 Å². The number of furan rings is 1. The molecule has 1 saturated heterocycles. The molecule has 1 aromatic heterocycles. The number of nitrogens with one attached hydrogen (secondary N) is 2. The fourth-order valence-corrected chi connectivity index (χ4v) is 2.20. The second-order valence-electron chi connectivity index (χ2n) is 4.81. The predicted molar refractivity (Wildman–Crippen MR) is 82.0 cm³/mol. The maximum absolute atomic E-state index is 11.5. The first-order valence-corrected chi connectivity index (χ1v) is 6.74. The van der Waals surface area contributed by atoms with Crippen molar-refractivity contribution < 1.29 is 23.7 Å². The van der Waals surface area contributed by atoms with Gasteiger partial charge < -0.3 is 14.5 Å². The van der Waals surface area contributed by atoms with Crippen molar-refractivity contribution in [3.8, 4) is 17.1 Å². The van der Waals surface area contributed by atoms with Crippen LogP contribution in [0.2, 0.25) is 0 Å². The van der Waals surface area contributed by atoms with Crippen molar-refractivity contribution in [3.05, 3.63) is 51.9 Å². The molecule has 3 rings (SSSR count). The van der Waals surface area contributed by atoms with E-state index in [0.29, 0.717) is 5.75 Å². The summed E-state index contributed by atoms with van der Waals surface area (Å²) in [5.41, 5.74) is 0.130. The summed E-state index contributed by atoms with van der Waals surface area (Å²) in [5, 5.41) is 15.6. The highest BCUT2D eigenvalue weighted by Crippen LogP contribution is 2.34. The van der Waals surface area contributed by atoms with E-state index in [-0.39, 0.29) is 28.5 Å². The Morgan fingerprint density at radius 1 is 1.21 bits per heavy atom. The third-order valence-corrected chi connectivity index (χ3v) is 3.30. The van der Waals surface area contributed by atoms with Crippen molar-refractivity contribution in [2.75, 3.05) is 7.11 Å². The summed E-state index contributed by atoms with van der Waals surface area (Å²) in [6, 6.07) is 6.83. The quantitative estimate of drug-likeness (QED) is 0.383. The molecule has 24 heavy (non-hydrogen) atoms. The molecule has 0 saturated carbocycles. The summed E-state index contributed by atoms with van der Waals surface area (Å²) in [5.74, 6) is 0.293. The lowest BCUT2D eigenvalue weighted by Crippen LogP contribution is -2.22. The van der Waals surface area contributed by atoms with Crippen LogP contribution in [0.3, 0.4) is 0 Å². The molecule has 3 amide bonds. The number of ether oxygens (including phenoxy) is 1. The predicted octanol–water partition coefficient (Wildman–Crippen LogP) is 2.04. The number of hydrogen-bond acceptors (Lipinski definition) is 6. The summed E-state index contributed by atoms with van der Waals surface area (Å²) in [7, 11) is 1.41. The van der Waals surface area contributed by atoms with E-state index in [1.165, 1.54) is 37.5 Å². The van der Waals surface area contributed by atoms with Crippen molar-refractivity contribution in [3.63, 3.8) is 0 Å². The number of methoxy groups -OCH3 is 1. The van der Waals surface area contributed by atoms with E-state index in [4.69, 9.17) is 9.15 Å². The van der Waals surface area contributed by atoms with E-state index in [1.807, 2.05) is 0 Å². The van der Waals surface area contributed by atoms with Gasteiger partial charge in [-0.2, -0.15) is 0 Å². The zero-order chi connectivity index (χ0) is 17.3. The van der Waals surface area contributed by atoms with E-state index in [1.54, 1.807) is 6.07 Å². The smallest absolute Gasteiger partial charge is 0.326 e. The lowest BCUT2D eigenvalue weighted by atomic mass is 10.1. The maximum atomic E-state index is 11.5. The zero-order valence-corrected chi connectivity index (χ0v) is 12.4. The van der Waals surface area contributed by atoms with Crippen LogP contribution in [-0.4, -0.2) is 24.0 Å². The maximum Gasteiger partial charge on any atom is 0.326 e. The monoisotopic (exact) mass is 329 g/mol. The van der Waals surface area contributed by atoms with Crippen LogP contribution >= 0.6 is 0 Å². The highest BCUT2D eigenvalue weighted by Gasteiger charge is 2.24. The summed E-state index contributed by atoms with van der Waals surface area (Å²) in [6.45, 7) is 0. The van der Waals surface area contributed by atoms with Gasteiger partial charge in [0.2, 0.25) is 0 Å². The van der Waals surface area contributed by atoms with Gasteiger partial charge in [-0.3, -0.25) is 20.2 Å². The second-order valence-corrected chi connectivity index (χ2v) is 4.81. The van der Waals surface area contributed by atoms with Gasteiger partial charge in [0, 0.05) is 6.08 Å². The molecule has 0 aliphatic carbocycles. The first-order valence-electron chi connectivity index (χ1n) is 6.74. The Balaban J connectivity index is 1.97. The number of rotatable bonds is 4. The summed E-state index contributed by atoms with van der Waals surface area (Å²) in [4.78, 5) is 33.2. The van der Waals surface area contributed by atoms with Gasteiger partial charge in [-0.05, 0) is 24.3 Å². The van der Waals surface area contributed by atoms with Crippen LogP contribution in [0, 0.1) is 10.1 Å². The number of carbonyl (C=O) groups is 2. The van der Waals surface area contributed by atoms with Crippen LogP contribution in [0.1, 0.15) is 5.76 Å². The van der Waals surface area contributed by atoms with Gasteiger partial charge in [-0.15, -0.1) is 0 Å². The summed E-state index contributed by atoms with van der Waals surface area (Å²) in [6.07, 6.45) is 1.33. The van der Waals surface area contributed by atoms with E-state index in [2.05, 4.69) is 10.6 Å². The highest BCUT2D eigenvalue weighted by molar-refractivity contribution is 6.13. The number of benzene rings is 1. The van der Waals surface area contributed by atoms with Crippen molar-refractivity contribution in [1.82, 2.24) is 10.6 Å². The molecular weight excluding hydrogens is 318 g/mol. The number of nitro groups is 1. The largest absolute Gasteiger partial charge is 0.497 e. The normalized spacial score (nSPS) is 15.3. The summed E-state index contributed by atoms with van der Waals surface area (Å²) < 4.78 is 10.5. The first-order chi connectivity index (χ1) is 11.5. The number of nitrogens with zero attached hydrogens (tertiary/aromatic N) is 1. The Kier molecular flexibility index (Phi) is 3.74. The third-order valence-electron chi connectivity index (χ3n) is 3.30. The van der Waals surface area contributed by atoms with Crippen LogP contribution in [0.4, 0.5) is 10.5 Å². The number of amides is 3. The molecule has 2 heterocycles. The fourth-order valence-electron chi connectivity index (χ4n) is 2.20. The SMILES string of the molecule is COc1ccc(-c2ccc(/C=C3/NC(=O)NC3=O)o2)c([N+](=O)[O-])c1. The molecule has 1 aliphatic heterocycles. The van der Waals surface area contributed by atoms with Crippen LogP contribution in [0.25, 0.3) is 17.4 Å². The molecule has 1 aliphatic rings. The molecule has 0 radical (unpaired) electrons. The molecule has 2 aromatic rings. The minimum atomic E-state index is -0.621. The highest BCUT2D eigenvalue weighted by atomic mass is 16.6. The number of carbonyl (C=O) groups excluding carboxylic acids is 2. The molecule has 9 nitrogen and oxygen atoms in total. The Morgan fingerprint density at radius 3 is 2.62 bits per heavy atom. The molecule has 0 spiro atoms. The Labute approximate surface area is 135 Å². The van der Waals surface area contributed by atoms with Crippen LogP contribution < -0.4 is 15.4 Å². The summed E-state index contributed by atoms with van der Waals surface area (Å²) >= 11 is 0. The second kappa shape index (κ2) is 5.88. The van der Waals surface area contributed by atoms with E-state index in [0.717, 1.165) is 0 Å². The molecule has 0 bridgehead atoms. The third kappa shape index (κ3) is 2.82. The Hall–Kier alpha value is -3.62. The fraction of sp³-hybridized carbons (Fsp3) is 0.0667. The Morgan fingerprint density at radius 2 is 2.00 bits per heavy atom. The topological polar surface area (TPSA) is 124 Å². The van der Waals surface area contributed by atoms with Crippen molar-refractivity contribution >= 4 is 23.7 Å². The number of nitro benzene ring substituents is 1. The average Bonchev–Trinajstić information content (AvgIpc) is 3.13. The molecule has 1 aromatic carbocycles. The molecule has 122 valence electrons. The number of urea groups is 1. The van der Waals surface area contributed by atoms with Gasteiger partial charge in [-0.25, -0.2) is 4.79 Å². The van der Waals surface area contributed by atoms with Crippen molar-refractivity contribution in [2.45, 2.75) is 0 Å². The van der Waals surface area contributed by atoms with Gasteiger partial charge in [0.1, 0.15) is 23.0 Å². The molecule has 0 unspecified atom stereocenters. The van der Waals surface area contributed by atoms with Gasteiger partial charge >= 0.3 is 6.03 Å².